The van der Waals surface area contributed by atoms with Crippen LogP contribution in [-0.4, -0.2) is 49.8 Å². The molecular weight excluding hydrogens is 280 g/mol. The van der Waals surface area contributed by atoms with Crippen molar-refractivity contribution in [2.24, 2.45) is 5.73 Å². The van der Waals surface area contributed by atoms with Crippen molar-refractivity contribution in [3.63, 3.8) is 0 Å². The van der Waals surface area contributed by atoms with Crippen molar-refractivity contribution in [2.45, 2.75) is 12.0 Å². The first-order valence-corrected chi connectivity index (χ1v) is 6.90. The quantitative estimate of drug-likeness (QED) is 0.890. The van der Waals surface area contributed by atoms with Gasteiger partial charge in [-0.1, -0.05) is 11.6 Å². The van der Waals surface area contributed by atoms with E-state index in [4.69, 9.17) is 26.8 Å². The molecule has 1 atom stereocenters. The van der Waals surface area contributed by atoms with Crippen LogP contribution in [0.2, 0.25) is 5.02 Å². The number of rotatable bonds is 5. The lowest BCUT2D eigenvalue weighted by atomic mass is 9.99. The van der Waals surface area contributed by atoms with Gasteiger partial charge in [0.25, 0.3) is 0 Å². The summed E-state index contributed by atoms with van der Waals surface area (Å²) in [6.07, 6.45) is 0.564. The molecule has 1 aromatic carbocycles. The van der Waals surface area contributed by atoms with E-state index in [-0.39, 0.29) is 12.5 Å². The van der Waals surface area contributed by atoms with Gasteiger partial charge in [0.2, 0.25) is 5.91 Å². The summed E-state index contributed by atoms with van der Waals surface area (Å²) in [6.45, 7) is 1.70. The van der Waals surface area contributed by atoms with Crippen molar-refractivity contribution in [3.05, 3.63) is 29.3 Å². The number of likely N-dealkylation sites (N-methyl/N-ethyl adjacent to an activating group) is 1. The fraction of sp³-hybridized carbons (Fsp3) is 0.500. The molecule has 20 heavy (non-hydrogen) atoms. The van der Waals surface area contributed by atoms with Gasteiger partial charge < -0.3 is 20.1 Å². The zero-order valence-corrected chi connectivity index (χ0v) is 12.2. The second kappa shape index (κ2) is 6.43. The summed E-state index contributed by atoms with van der Waals surface area (Å²) in [5.74, 6) is 0.622. The summed E-state index contributed by atoms with van der Waals surface area (Å²) in [5.41, 5.74) is 5.15. The minimum absolute atomic E-state index is 0.102. The fourth-order valence-corrected chi connectivity index (χ4v) is 2.19. The molecule has 1 aromatic rings. The molecule has 0 bridgehead atoms. The van der Waals surface area contributed by atoms with Crippen molar-refractivity contribution < 1.29 is 14.3 Å². The maximum absolute atomic E-state index is 12.2. The summed E-state index contributed by atoms with van der Waals surface area (Å²) in [6, 6.07) is 7.10. The molecule has 0 radical (unpaired) electrons. The lowest BCUT2D eigenvalue weighted by Gasteiger charge is -2.27. The lowest BCUT2D eigenvalue weighted by molar-refractivity contribution is -0.136. The minimum atomic E-state index is -0.880. The molecule has 0 saturated carbocycles. The highest BCUT2D eigenvalue weighted by molar-refractivity contribution is 6.30. The maximum Gasteiger partial charge on any atom is 0.245 e. The van der Waals surface area contributed by atoms with E-state index >= 15 is 0 Å². The number of carbonyl (C=O) groups is 1. The zero-order chi connectivity index (χ0) is 14.6. The van der Waals surface area contributed by atoms with Crippen LogP contribution in [0.3, 0.4) is 0 Å². The van der Waals surface area contributed by atoms with Crippen molar-refractivity contribution in [1.82, 2.24) is 4.90 Å². The second-order valence-electron chi connectivity index (χ2n) is 4.99. The molecule has 0 spiro atoms. The highest BCUT2D eigenvalue weighted by Gasteiger charge is 2.39. The predicted octanol–water partition coefficient (Wildman–Crippen LogP) is 1.29. The third-order valence-corrected chi connectivity index (χ3v) is 3.59. The first-order chi connectivity index (χ1) is 9.51. The van der Waals surface area contributed by atoms with Crippen LogP contribution in [0, 0.1) is 0 Å². The summed E-state index contributed by atoms with van der Waals surface area (Å²) in [7, 11) is 1.72. The van der Waals surface area contributed by atoms with Gasteiger partial charge in [-0.3, -0.25) is 4.79 Å². The Labute approximate surface area is 123 Å². The molecule has 1 unspecified atom stereocenters. The third kappa shape index (κ3) is 3.62. The molecule has 1 aliphatic heterocycles. The van der Waals surface area contributed by atoms with E-state index in [0.29, 0.717) is 31.2 Å². The number of carbonyl (C=O) groups excluding carboxylic acids is 1. The number of hydrogen-bond acceptors (Lipinski definition) is 4. The Morgan fingerprint density at radius 1 is 1.50 bits per heavy atom. The average Bonchev–Trinajstić information content (AvgIpc) is 2.88. The third-order valence-electron chi connectivity index (χ3n) is 3.33. The molecule has 1 saturated heterocycles. The summed E-state index contributed by atoms with van der Waals surface area (Å²) >= 11 is 5.79. The monoisotopic (exact) mass is 298 g/mol. The Kier molecular flexibility index (Phi) is 4.86. The van der Waals surface area contributed by atoms with E-state index in [1.807, 2.05) is 0 Å². The predicted molar refractivity (Wildman–Crippen MR) is 76.9 cm³/mol. The largest absolute Gasteiger partial charge is 0.492 e. The summed E-state index contributed by atoms with van der Waals surface area (Å²) < 4.78 is 10.8. The first-order valence-electron chi connectivity index (χ1n) is 6.52. The Morgan fingerprint density at radius 2 is 2.20 bits per heavy atom. The fourth-order valence-electron chi connectivity index (χ4n) is 2.06. The molecular formula is C14H19ClN2O3. The molecule has 1 amide bonds. The standard InChI is InChI=1S/C14H19ClN2O3/c1-17(13(18)14(16)6-8-19-10-14)7-9-20-12-4-2-11(15)3-5-12/h2-5H,6-10,16H2,1H3. The number of ether oxygens (including phenoxy) is 2. The number of amides is 1. The van der Waals surface area contributed by atoms with Gasteiger partial charge in [-0.15, -0.1) is 0 Å². The van der Waals surface area contributed by atoms with Crippen molar-refractivity contribution in [1.29, 1.82) is 0 Å². The summed E-state index contributed by atoms with van der Waals surface area (Å²) in [5, 5.41) is 0.663. The Bertz CT molecular complexity index is 458. The first kappa shape index (κ1) is 15.1. The molecule has 1 heterocycles. The van der Waals surface area contributed by atoms with Crippen molar-refractivity contribution in [2.75, 3.05) is 33.4 Å². The van der Waals surface area contributed by atoms with E-state index in [9.17, 15) is 4.79 Å². The number of nitrogens with zero attached hydrogens (tertiary/aromatic N) is 1. The van der Waals surface area contributed by atoms with Crippen LogP contribution in [0.4, 0.5) is 0 Å². The van der Waals surface area contributed by atoms with Crippen LogP contribution in [0.15, 0.2) is 24.3 Å². The number of halogens is 1. The van der Waals surface area contributed by atoms with Crippen molar-refractivity contribution >= 4 is 17.5 Å². The van der Waals surface area contributed by atoms with E-state index in [0.717, 1.165) is 5.75 Å². The normalized spacial score (nSPS) is 21.8. The molecule has 110 valence electrons. The van der Waals surface area contributed by atoms with Gasteiger partial charge in [0, 0.05) is 18.7 Å². The molecule has 5 nitrogen and oxygen atoms in total. The van der Waals surface area contributed by atoms with Gasteiger partial charge in [-0.05, 0) is 30.7 Å². The van der Waals surface area contributed by atoms with Crippen molar-refractivity contribution in [3.8, 4) is 5.75 Å². The smallest absolute Gasteiger partial charge is 0.245 e. The number of nitrogens with two attached hydrogens (primary N) is 1. The maximum atomic E-state index is 12.2. The van der Waals surface area contributed by atoms with Crippen LogP contribution in [-0.2, 0) is 9.53 Å². The lowest BCUT2D eigenvalue weighted by Crippen LogP contribution is -2.55. The average molecular weight is 299 g/mol. The minimum Gasteiger partial charge on any atom is -0.492 e. The van der Waals surface area contributed by atoms with Crippen LogP contribution >= 0.6 is 11.6 Å². The van der Waals surface area contributed by atoms with Crippen LogP contribution in [0.5, 0.6) is 5.75 Å². The van der Waals surface area contributed by atoms with E-state index in [1.54, 1.807) is 36.2 Å². The molecule has 1 fully saturated rings. The van der Waals surface area contributed by atoms with Crippen LogP contribution < -0.4 is 10.5 Å². The molecule has 0 aliphatic carbocycles. The van der Waals surface area contributed by atoms with Gasteiger partial charge in [0.15, 0.2) is 0 Å². The highest BCUT2D eigenvalue weighted by atomic mass is 35.5. The SMILES string of the molecule is CN(CCOc1ccc(Cl)cc1)C(=O)C1(N)CCOC1. The topological polar surface area (TPSA) is 64.8 Å². The van der Waals surface area contributed by atoms with Crippen LogP contribution in [0.25, 0.3) is 0 Å². The van der Waals surface area contributed by atoms with Gasteiger partial charge in [-0.2, -0.15) is 0 Å². The van der Waals surface area contributed by atoms with Gasteiger partial charge in [-0.25, -0.2) is 0 Å². The number of hydrogen-bond donors (Lipinski definition) is 1. The molecule has 2 rings (SSSR count). The number of benzene rings is 1. The summed E-state index contributed by atoms with van der Waals surface area (Å²) in [4.78, 5) is 13.8. The van der Waals surface area contributed by atoms with Gasteiger partial charge >= 0.3 is 0 Å². The molecule has 6 heteroatoms. The molecule has 0 aromatic heterocycles. The van der Waals surface area contributed by atoms with Crippen LogP contribution in [0.1, 0.15) is 6.42 Å². The van der Waals surface area contributed by atoms with E-state index < -0.39 is 5.54 Å². The van der Waals surface area contributed by atoms with E-state index in [1.165, 1.54) is 0 Å². The van der Waals surface area contributed by atoms with Gasteiger partial charge in [0.05, 0.1) is 13.2 Å². The Morgan fingerprint density at radius 3 is 2.80 bits per heavy atom. The Hall–Kier alpha value is -1.30. The second-order valence-corrected chi connectivity index (χ2v) is 5.42. The molecule has 2 N–H and O–H groups in total. The Balaban J connectivity index is 1.78. The zero-order valence-electron chi connectivity index (χ0n) is 11.5. The van der Waals surface area contributed by atoms with E-state index in [2.05, 4.69) is 0 Å². The molecule has 1 aliphatic rings. The van der Waals surface area contributed by atoms with Gasteiger partial charge in [0.1, 0.15) is 17.9 Å². The highest BCUT2D eigenvalue weighted by Crippen LogP contribution is 2.18.